The molecular formula is C7H6N4O4. The van der Waals surface area contributed by atoms with Crippen LogP contribution in [-0.4, -0.2) is 16.2 Å². The molecule has 1 aromatic rings. The summed E-state index contributed by atoms with van der Waals surface area (Å²) in [4.78, 5) is 22.9. The lowest BCUT2D eigenvalue weighted by Gasteiger charge is -1.96. The second-order valence-electron chi connectivity index (χ2n) is 2.47. The van der Waals surface area contributed by atoms with Crippen molar-refractivity contribution in [2.75, 3.05) is 0 Å². The normalized spacial score (nSPS) is 10.4. The maximum atomic E-state index is 10.5. The van der Waals surface area contributed by atoms with Gasteiger partial charge >= 0.3 is 5.69 Å². The molecule has 0 amide bonds. The first-order valence-corrected chi connectivity index (χ1v) is 3.73. The second kappa shape index (κ2) is 4.13. The van der Waals surface area contributed by atoms with Gasteiger partial charge < -0.3 is 5.73 Å². The van der Waals surface area contributed by atoms with Gasteiger partial charge in [-0.3, -0.25) is 20.2 Å². The van der Waals surface area contributed by atoms with Gasteiger partial charge in [-0.1, -0.05) is 0 Å². The average Bonchev–Trinajstić information content (AvgIpc) is 2.18. The molecule has 8 nitrogen and oxygen atoms in total. The highest BCUT2D eigenvalue weighted by Gasteiger charge is 2.18. The molecule has 0 aromatic heterocycles. The number of aliphatic imine (C=N–C) groups is 1. The minimum Gasteiger partial charge on any atom is -0.390 e. The molecule has 1 rings (SSSR count). The molecule has 0 fully saturated rings. The third-order valence-corrected chi connectivity index (χ3v) is 1.58. The molecule has 1 aromatic carbocycles. The van der Waals surface area contributed by atoms with Crippen LogP contribution in [0.25, 0.3) is 0 Å². The Labute approximate surface area is 83.3 Å². The van der Waals surface area contributed by atoms with E-state index in [-0.39, 0.29) is 11.4 Å². The van der Waals surface area contributed by atoms with E-state index in [1.807, 2.05) is 0 Å². The number of nitrogens with zero attached hydrogens (tertiary/aromatic N) is 3. The van der Waals surface area contributed by atoms with E-state index in [0.717, 1.165) is 18.5 Å². The van der Waals surface area contributed by atoms with Crippen LogP contribution in [0.5, 0.6) is 0 Å². The first kappa shape index (κ1) is 10.6. The Balaban J connectivity index is 3.33. The zero-order valence-corrected chi connectivity index (χ0v) is 7.36. The monoisotopic (exact) mass is 210 g/mol. The number of hydrogen-bond acceptors (Lipinski definition) is 5. The van der Waals surface area contributed by atoms with Gasteiger partial charge in [-0.05, 0) is 6.07 Å². The van der Waals surface area contributed by atoms with Crippen molar-refractivity contribution < 1.29 is 9.85 Å². The van der Waals surface area contributed by atoms with Crippen molar-refractivity contribution in [1.29, 1.82) is 0 Å². The van der Waals surface area contributed by atoms with Gasteiger partial charge in [0.15, 0.2) is 0 Å². The van der Waals surface area contributed by atoms with Gasteiger partial charge in [0.2, 0.25) is 0 Å². The zero-order valence-electron chi connectivity index (χ0n) is 7.36. The number of nitrogens with two attached hydrogens (primary N) is 1. The topological polar surface area (TPSA) is 125 Å². The Hall–Kier alpha value is -2.51. The van der Waals surface area contributed by atoms with Gasteiger partial charge in [0.1, 0.15) is 5.69 Å². The van der Waals surface area contributed by atoms with Crippen LogP contribution in [-0.2, 0) is 0 Å². The van der Waals surface area contributed by atoms with Crippen LogP contribution < -0.4 is 5.73 Å². The van der Waals surface area contributed by atoms with Gasteiger partial charge in [-0.2, -0.15) is 0 Å². The fraction of sp³-hybridized carbons (Fsp3) is 0. The van der Waals surface area contributed by atoms with Crippen LogP contribution in [0.1, 0.15) is 0 Å². The zero-order chi connectivity index (χ0) is 11.4. The highest BCUT2D eigenvalue weighted by molar-refractivity contribution is 5.68. The lowest BCUT2D eigenvalue weighted by Crippen LogP contribution is -1.94. The Kier molecular flexibility index (Phi) is 2.91. The molecule has 78 valence electrons. The van der Waals surface area contributed by atoms with Crippen LogP contribution >= 0.6 is 0 Å². The number of benzene rings is 1. The fourth-order valence-corrected chi connectivity index (χ4v) is 0.961. The molecule has 2 N–H and O–H groups in total. The van der Waals surface area contributed by atoms with Gasteiger partial charge in [-0.25, -0.2) is 4.99 Å². The van der Waals surface area contributed by atoms with Crippen LogP contribution in [0.3, 0.4) is 0 Å². The molecule has 0 saturated heterocycles. The van der Waals surface area contributed by atoms with Crippen molar-refractivity contribution in [1.82, 2.24) is 0 Å². The molecule has 0 aliphatic heterocycles. The summed E-state index contributed by atoms with van der Waals surface area (Å²) < 4.78 is 0. The molecule has 0 radical (unpaired) electrons. The first-order chi connectivity index (χ1) is 7.06. The predicted molar refractivity (Wildman–Crippen MR) is 52.1 cm³/mol. The van der Waals surface area contributed by atoms with E-state index in [2.05, 4.69) is 4.99 Å². The van der Waals surface area contributed by atoms with Gasteiger partial charge in [-0.15, -0.1) is 0 Å². The molecule has 0 spiro atoms. The smallest absolute Gasteiger partial charge is 0.301 e. The second-order valence-corrected chi connectivity index (χ2v) is 2.47. The van der Waals surface area contributed by atoms with E-state index in [0.29, 0.717) is 0 Å². The molecule has 0 bridgehead atoms. The van der Waals surface area contributed by atoms with E-state index < -0.39 is 15.5 Å². The van der Waals surface area contributed by atoms with E-state index in [1.165, 1.54) is 6.07 Å². The quantitative estimate of drug-likeness (QED) is 0.346. The summed E-state index contributed by atoms with van der Waals surface area (Å²) in [6.45, 7) is 0. The maximum Gasteiger partial charge on any atom is 0.301 e. The van der Waals surface area contributed by atoms with Gasteiger partial charge in [0.25, 0.3) is 5.69 Å². The van der Waals surface area contributed by atoms with Crippen molar-refractivity contribution in [3.8, 4) is 0 Å². The summed E-state index contributed by atoms with van der Waals surface area (Å²) in [7, 11) is 0. The molecule has 0 atom stereocenters. The summed E-state index contributed by atoms with van der Waals surface area (Å²) in [5.74, 6) is 0. The number of nitro groups is 2. The summed E-state index contributed by atoms with van der Waals surface area (Å²) >= 11 is 0. The number of rotatable bonds is 3. The first-order valence-electron chi connectivity index (χ1n) is 3.73. The molecule has 0 unspecified atom stereocenters. The minimum atomic E-state index is -0.755. The summed E-state index contributed by atoms with van der Waals surface area (Å²) in [6.07, 6.45) is 0.883. The highest BCUT2D eigenvalue weighted by Crippen LogP contribution is 2.30. The van der Waals surface area contributed by atoms with Crippen molar-refractivity contribution in [2.24, 2.45) is 10.7 Å². The summed E-state index contributed by atoms with van der Waals surface area (Å²) in [6, 6.07) is 3.12. The van der Waals surface area contributed by atoms with Gasteiger partial charge in [0.05, 0.1) is 22.3 Å². The molecule has 15 heavy (non-hydrogen) atoms. The van der Waals surface area contributed by atoms with Crippen LogP contribution in [0.15, 0.2) is 23.2 Å². The molecular weight excluding hydrogens is 204 g/mol. The molecule has 8 heteroatoms. The van der Waals surface area contributed by atoms with Crippen LogP contribution in [0.4, 0.5) is 17.1 Å². The highest BCUT2D eigenvalue weighted by atomic mass is 16.6. The van der Waals surface area contributed by atoms with Crippen molar-refractivity contribution in [3.63, 3.8) is 0 Å². The number of nitro benzene ring substituents is 2. The van der Waals surface area contributed by atoms with E-state index >= 15 is 0 Å². The third-order valence-electron chi connectivity index (χ3n) is 1.58. The van der Waals surface area contributed by atoms with Crippen molar-refractivity contribution >= 4 is 23.4 Å². The fourth-order valence-electron chi connectivity index (χ4n) is 0.961. The largest absolute Gasteiger partial charge is 0.390 e. The van der Waals surface area contributed by atoms with Crippen molar-refractivity contribution in [2.45, 2.75) is 0 Å². The Bertz CT molecular complexity index is 443. The SMILES string of the molecule is NC=Nc1ccc([N+](=O)[O-])cc1[N+](=O)[O-]. The average molecular weight is 210 g/mol. The lowest BCUT2D eigenvalue weighted by atomic mass is 10.2. The Morgan fingerprint density at radius 2 is 1.93 bits per heavy atom. The third kappa shape index (κ3) is 2.24. The maximum absolute atomic E-state index is 10.5. The number of hydrogen-bond donors (Lipinski definition) is 1. The summed E-state index contributed by atoms with van der Waals surface area (Å²) in [5, 5.41) is 20.9. The lowest BCUT2D eigenvalue weighted by molar-refractivity contribution is -0.393. The standard InChI is InChI=1S/C7H6N4O4/c8-4-9-6-2-1-5(10(12)13)3-7(6)11(14)15/h1-4H,(H2,8,9). The van der Waals surface area contributed by atoms with E-state index in [4.69, 9.17) is 5.73 Å². The molecule has 0 aliphatic rings. The van der Waals surface area contributed by atoms with Crippen LogP contribution in [0.2, 0.25) is 0 Å². The number of non-ortho nitro benzene ring substituents is 1. The van der Waals surface area contributed by atoms with E-state index in [1.54, 1.807) is 0 Å². The molecule has 0 heterocycles. The van der Waals surface area contributed by atoms with Gasteiger partial charge in [0, 0.05) is 6.07 Å². The predicted octanol–water partition coefficient (Wildman–Crippen LogP) is 1.12. The van der Waals surface area contributed by atoms with E-state index in [9.17, 15) is 20.2 Å². The Morgan fingerprint density at radius 1 is 1.27 bits per heavy atom. The Morgan fingerprint density at radius 3 is 2.40 bits per heavy atom. The summed E-state index contributed by atoms with van der Waals surface area (Å²) in [5.41, 5.74) is 4.14. The van der Waals surface area contributed by atoms with Crippen molar-refractivity contribution in [3.05, 3.63) is 38.4 Å². The molecule has 0 aliphatic carbocycles. The molecule has 0 saturated carbocycles. The van der Waals surface area contributed by atoms with Crippen LogP contribution in [0, 0.1) is 20.2 Å². The minimum absolute atomic E-state index is 0.0203.